The molecule has 17 heavy (non-hydrogen) atoms. The van der Waals surface area contributed by atoms with Crippen molar-refractivity contribution in [1.29, 1.82) is 0 Å². The molecule has 0 aliphatic carbocycles. The predicted molar refractivity (Wildman–Crippen MR) is 45.1 cm³/mol. The fourth-order valence-electron chi connectivity index (χ4n) is 0.719. The molecule has 11 heteroatoms. The van der Waals surface area contributed by atoms with Gasteiger partial charge in [0.05, 0.1) is 30.0 Å². The molecule has 0 aliphatic rings. The van der Waals surface area contributed by atoms with Gasteiger partial charge in [0.1, 0.15) is 0 Å². The van der Waals surface area contributed by atoms with Crippen LogP contribution in [0.3, 0.4) is 0 Å². The number of aliphatic hydroxyl groups is 2. The maximum absolute atomic E-state index is 10.5. The number of hydrogen-bond acceptors (Lipinski definition) is 9. The van der Waals surface area contributed by atoms with Gasteiger partial charge in [0.2, 0.25) is 5.63 Å². The van der Waals surface area contributed by atoms with Gasteiger partial charge < -0.3 is 39.8 Å². The molecule has 0 bridgehead atoms. The van der Waals surface area contributed by atoms with Crippen molar-refractivity contribution >= 4 is 0 Å². The topological polar surface area (TPSA) is 164 Å². The number of rotatable bonds is 2. The first-order chi connectivity index (χ1) is 6.99. The summed E-state index contributed by atoms with van der Waals surface area (Å²) in [5.74, 6) is -2.32. The Balaban J connectivity index is -0.000000356. The third-order valence-corrected chi connectivity index (χ3v) is 1.33. The van der Waals surface area contributed by atoms with Gasteiger partial charge in [-0.05, 0) is 0 Å². The Bertz CT molecular complexity index is 375. The van der Waals surface area contributed by atoms with Crippen LogP contribution in [0.15, 0.2) is 14.6 Å². The average Bonchev–Trinajstić information content (AvgIpc) is 2.46. The van der Waals surface area contributed by atoms with E-state index in [1.807, 2.05) is 0 Å². The third-order valence-electron chi connectivity index (χ3n) is 1.33. The van der Waals surface area contributed by atoms with Crippen LogP contribution in [0.5, 0.6) is 11.5 Å². The second-order valence-corrected chi connectivity index (χ2v) is 2.22. The number of aliphatic hydroxyl groups excluding tert-OH is 2. The van der Waals surface area contributed by atoms with Crippen LogP contribution < -0.4 is 64.7 Å². The van der Waals surface area contributed by atoms with Crippen molar-refractivity contribution in [3.63, 3.8) is 0 Å². The van der Waals surface area contributed by atoms with Crippen LogP contribution in [-0.2, 0) is 0 Å². The first-order valence-electron chi connectivity index (χ1n) is 3.45. The fraction of sp³-hybridized carbons (Fsp3) is 0.333. The molecule has 4 N–H and O–H groups in total. The van der Waals surface area contributed by atoms with E-state index >= 15 is 0 Å². The summed E-state index contributed by atoms with van der Waals surface area (Å²) in [6.07, 6.45) is -1.50. The quantitative estimate of drug-likeness (QED) is 0.178. The first kappa shape index (κ1) is 22.2. The molecule has 0 fully saturated rings. The van der Waals surface area contributed by atoms with E-state index in [1.54, 1.807) is 0 Å². The first-order valence-corrected chi connectivity index (χ1v) is 3.45. The van der Waals surface area contributed by atoms with Gasteiger partial charge in [-0.2, -0.15) is 0 Å². The van der Waals surface area contributed by atoms with Crippen molar-refractivity contribution in [2.75, 3.05) is 6.61 Å². The van der Waals surface area contributed by atoms with Gasteiger partial charge in [-0.25, -0.2) is 0 Å². The van der Waals surface area contributed by atoms with Crippen molar-refractivity contribution in [1.82, 2.24) is 0 Å². The molecule has 9 nitrogen and oxygen atoms in total. The summed E-state index contributed by atoms with van der Waals surface area (Å²) in [5, 5.41) is 43.9. The molecule has 0 spiro atoms. The van der Waals surface area contributed by atoms with Crippen LogP contribution in [0, 0.1) is 10.1 Å². The second-order valence-electron chi connectivity index (χ2n) is 2.22. The van der Waals surface area contributed by atoms with Gasteiger partial charge in [0.15, 0.2) is 0 Å². The molecule has 0 aromatic carbocycles. The Hall–Kier alpha value is -0.000000000000000444. The molecule has 0 saturated carbocycles. The standard InChI is InChI=1S/C6H7O6.HNO2.2Na/c7-1-2(8)5-3(9)4(10)6(11)12-5;2-1-3;;/h2,7-10H,1H2;(H,2,3);;/q-1;;2*+1/p-1/t2-;;;/m0.../s1. The molecule has 0 unspecified atom stereocenters. The van der Waals surface area contributed by atoms with Crippen LogP contribution in [0.4, 0.5) is 0 Å². The van der Waals surface area contributed by atoms with Gasteiger partial charge in [0.25, 0.3) is 0 Å². The molecular weight excluding hydrogens is 260 g/mol. The largest absolute Gasteiger partial charge is 1.00 e. The zero-order valence-electron chi connectivity index (χ0n) is 9.15. The molecule has 0 saturated heterocycles. The maximum Gasteiger partial charge on any atom is 1.00 e. The number of furan rings is 1. The normalized spacial score (nSPS) is 10.0. The van der Waals surface area contributed by atoms with E-state index in [-0.39, 0.29) is 59.1 Å². The summed E-state index contributed by atoms with van der Waals surface area (Å²) < 4.78 is 4.23. The maximum atomic E-state index is 10.5. The fourth-order valence-corrected chi connectivity index (χ4v) is 0.719. The van der Waals surface area contributed by atoms with E-state index in [4.69, 9.17) is 30.5 Å². The van der Waals surface area contributed by atoms with E-state index in [9.17, 15) is 4.79 Å². The van der Waals surface area contributed by atoms with Crippen molar-refractivity contribution in [2.45, 2.75) is 6.10 Å². The van der Waals surface area contributed by atoms with Crippen LogP contribution >= 0.6 is 0 Å². The zero-order chi connectivity index (χ0) is 12.0. The van der Waals surface area contributed by atoms with Gasteiger partial charge in [-0.15, -0.1) is 5.34 Å². The van der Waals surface area contributed by atoms with Crippen LogP contribution in [0.25, 0.3) is 0 Å². The van der Waals surface area contributed by atoms with Crippen LogP contribution in [-0.4, -0.2) is 27.0 Å². The molecule has 0 amide bonds. The molecule has 0 aliphatic heterocycles. The Morgan fingerprint density at radius 3 is 2.06 bits per heavy atom. The summed E-state index contributed by atoms with van der Waals surface area (Å²) in [5.41, 5.74) is -1.14. The van der Waals surface area contributed by atoms with E-state index < -0.39 is 35.6 Å². The van der Waals surface area contributed by atoms with Gasteiger partial charge >= 0.3 is 59.1 Å². The molecule has 1 heterocycles. The SMILES string of the molecule is O=N[O-].O=c1o[c-]([C@@H](O)CO)c(O)c1O.[Na+].[Na+]. The Morgan fingerprint density at radius 2 is 1.82 bits per heavy atom. The molecule has 0 radical (unpaired) electrons. The zero-order valence-corrected chi connectivity index (χ0v) is 13.2. The van der Waals surface area contributed by atoms with Crippen molar-refractivity contribution in [3.05, 3.63) is 26.3 Å². The monoisotopic (exact) mass is 267 g/mol. The van der Waals surface area contributed by atoms with E-state index in [1.165, 1.54) is 0 Å². The van der Waals surface area contributed by atoms with E-state index in [0.29, 0.717) is 0 Å². The second kappa shape index (κ2) is 11.1. The molecule has 1 aromatic heterocycles. The number of nitrogens with zero attached hydrogens (tertiary/aromatic N) is 1. The molecule has 86 valence electrons. The van der Waals surface area contributed by atoms with Gasteiger partial charge in [0, 0.05) is 0 Å². The molecule has 1 aromatic rings. The molecular formula is C6H7NNa2O8. The Morgan fingerprint density at radius 1 is 1.41 bits per heavy atom. The van der Waals surface area contributed by atoms with Crippen molar-refractivity contribution < 1.29 is 84.0 Å². The van der Waals surface area contributed by atoms with Crippen LogP contribution in [0.2, 0.25) is 0 Å². The third kappa shape index (κ3) is 6.48. The smallest absolute Gasteiger partial charge is 0.567 e. The predicted octanol–water partition coefficient (Wildman–Crippen LogP) is -6.95. The van der Waals surface area contributed by atoms with Crippen molar-refractivity contribution in [3.8, 4) is 11.5 Å². The minimum absolute atomic E-state index is 0. The molecule has 1 rings (SSSR count). The van der Waals surface area contributed by atoms with Gasteiger partial charge in [-0.1, -0.05) is 0 Å². The molecule has 1 atom stereocenters. The van der Waals surface area contributed by atoms with E-state index in [0.717, 1.165) is 5.34 Å². The Kier molecular flexibility index (Phi) is 14.5. The minimum atomic E-state index is -1.50. The average molecular weight is 267 g/mol. The number of aromatic hydroxyl groups is 2. The van der Waals surface area contributed by atoms with Crippen LogP contribution in [0.1, 0.15) is 11.9 Å². The summed E-state index contributed by atoms with van der Waals surface area (Å²) in [4.78, 5) is 18.5. The van der Waals surface area contributed by atoms with Crippen molar-refractivity contribution in [2.24, 2.45) is 5.34 Å². The summed E-state index contributed by atoms with van der Waals surface area (Å²) in [7, 11) is 0. The van der Waals surface area contributed by atoms with E-state index in [2.05, 4.69) is 4.42 Å². The number of hydrogen-bond donors (Lipinski definition) is 4. The summed E-state index contributed by atoms with van der Waals surface area (Å²) in [6, 6.07) is 0. The van der Waals surface area contributed by atoms with Gasteiger partial charge in [-0.3, -0.25) is 0 Å². The summed E-state index contributed by atoms with van der Waals surface area (Å²) in [6.45, 7) is -0.708. The summed E-state index contributed by atoms with van der Waals surface area (Å²) >= 11 is 0. The minimum Gasteiger partial charge on any atom is -0.567 e. The Labute approximate surface area is 139 Å².